The molecule has 1 rings (SSSR count). The van der Waals surface area contributed by atoms with Crippen LogP contribution < -0.4 is 0 Å². The minimum atomic E-state index is -4.29. The van der Waals surface area contributed by atoms with Crippen molar-refractivity contribution in [1.82, 2.24) is 0 Å². The van der Waals surface area contributed by atoms with Crippen molar-refractivity contribution in [3.05, 3.63) is 35.4 Å². The second-order valence-electron chi connectivity index (χ2n) is 3.54. The normalized spacial score (nSPS) is 12.0. The number of benzene rings is 1. The number of hydrogen-bond acceptors (Lipinski definition) is 2. The number of unbranched alkanes of at least 4 members (excludes halogenated alkanes) is 1. The Morgan fingerprint density at radius 1 is 1.24 bits per heavy atom. The molecule has 0 heterocycles. The monoisotopic (exact) mass is 245 g/mol. The number of rotatable bonds is 5. The van der Waals surface area contributed by atoms with E-state index < -0.39 is 11.7 Å². The molecule has 17 heavy (non-hydrogen) atoms. The van der Waals surface area contributed by atoms with Gasteiger partial charge in [0.1, 0.15) is 6.61 Å². The fraction of sp³-hybridized carbons (Fsp3) is 0.417. The van der Waals surface area contributed by atoms with Crippen molar-refractivity contribution in [2.24, 2.45) is 5.16 Å². The van der Waals surface area contributed by atoms with Crippen molar-refractivity contribution in [2.45, 2.75) is 32.5 Å². The summed E-state index contributed by atoms with van der Waals surface area (Å²) in [6.07, 6.45) is -0.844. The molecule has 0 aliphatic heterocycles. The van der Waals surface area contributed by atoms with Crippen molar-refractivity contribution >= 4 is 6.21 Å². The number of hydrogen-bond donors (Lipinski definition) is 0. The molecule has 0 fully saturated rings. The lowest BCUT2D eigenvalue weighted by atomic mass is 10.1. The first-order valence-electron chi connectivity index (χ1n) is 5.34. The van der Waals surface area contributed by atoms with Crippen molar-refractivity contribution in [1.29, 1.82) is 0 Å². The van der Waals surface area contributed by atoms with E-state index in [9.17, 15) is 13.2 Å². The quantitative estimate of drug-likeness (QED) is 0.567. The number of alkyl halides is 3. The molecule has 0 unspecified atom stereocenters. The standard InChI is InChI=1S/C12H14F3NO/c1-2-3-8-16-17-9-10-4-6-11(7-5-10)12(13,14)15/h4-8H,2-3,9H2,1H3. The van der Waals surface area contributed by atoms with Crippen LogP contribution in [0, 0.1) is 0 Å². The first-order valence-corrected chi connectivity index (χ1v) is 5.34. The molecular weight excluding hydrogens is 231 g/mol. The van der Waals surface area contributed by atoms with Gasteiger partial charge in [0, 0.05) is 6.21 Å². The number of halogens is 3. The van der Waals surface area contributed by atoms with Crippen molar-refractivity contribution < 1.29 is 18.0 Å². The molecule has 94 valence electrons. The zero-order chi connectivity index (χ0) is 12.7. The van der Waals surface area contributed by atoms with E-state index in [0.29, 0.717) is 5.56 Å². The average molecular weight is 245 g/mol. The summed E-state index contributed by atoms with van der Waals surface area (Å²) in [7, 11) is 0. The lowest BCUT2D eigenvalue weighted by Crippen LogP contribution is -2.04. The molecule has 0 N–H and O–H groups in total. The van der Waals surface area contributed by atoms with Crippen LogP contribution in [0.15, 0.2) is 29.4 Å². The maximum atomic E-state index is 12.3. The molecule has 1 aromatic rings. The van der Waals surface area contributed by atoms with Gasteiger partial charge in [-0.3, -0.25) is 0 Å². The van der Waals surface area contributed by atoms with Gasteiger partial charge in [-0.2, -0.15) is 13.2 Å². The molecule has 0 aromatic heterocycles. The topological polar surface area (TPSA) is 21.6 Å². The Hall–Kier alpha value is -1.52. The van der Waals surface area contributed by atoms with Crippen LogP contribution in [0.3, 0.4) is 0 Å². The second-order valence-corrected chi connectivity index (χ2v) is 3.54. The molecule has 0 spiro atoms. The summed E-state index contributed by atoms with van der Waals surface area (Å²) in [4.78, 5) is 4.94. The molecule has 0 amide bonds. The molecule has 5 heteroatoms. The molecule has 0 aliphatic carbocycles. The van der Waals surface area contributed by atoms with Crippen LogP contribution in [-0.2, 0) is 17.6 Å². The van der Waals surface area contributed by atoms with Gasteiger partial charge in [-0.15, -0.1) is 0 Å². The van der Waals surface area contributed by atoms with Crippen LogP contribution in [0.2, 0.25) is 0 Å². The van der Waals surface area contributed by atoms with Gasteiger partial charge >= 0.3 is 6.18 Å². The zero-order valence-corrected chi connectivity index (χ0v) is 9.50. The SMILES string of the molecule is CCCC=NOCc1ccc(C(F)(F)F)cc1. The van der Waals surface area contributed by atoms with Gasteiger partial charge in [-0.05, 0) is 24.1 Å². The van der Waals surface area contributed by atoms with Gasteiger partial charge in [0.25, 0.3) is 0 Å². The molecular formula is C12H14F3NO. The van der Waals surface area contributed by atoms with Gasteiger partial charge in [-0.25, -0.2) is 0 Å². The lowest BCUT2D eigenvalue weighted by Gasteiger charge is -2.06. The van der Waals surface area contributed by atoms with E-state index in [0.717, 1.165) is 25.0 Å². The van der Waals surface area contributed by atoms with Gasteiger partial charge in [0.05, 0.1) is 5.56 Å². The van der Waals surface area contributed by atoms with E-state index in [1.54, 1.807) is 6.21 Å². The Kier molecular flexibility index (Phi) is 5.00. The van der Waals surface area contributed by atoms with Crippen LogP contribution in [0.4, 0.5) is 13.2 Å². The number of nitrogens with zero attached hydrogens (tertiary/aromatic N) is 1. The molecule has 0 saturated carbocycles. The fourth-order valence-electron chi connectivity index (χ4n) is 1.14. The zero-order valence-electron chi connectivity index (χ0n) is 9.50. The fourth-order valence-corrected chi connectivity index (χ4v) is 1.14. The molecule has 0 radical (unpaired) electrons. The van der Waals surface area contributed by atoms with Crippen LogP contribution in [0.1, 0.15) is 30.9 Å². The van der Waals surface area contributed by atoms with E-state index in [1.165, 1.54) is 12.1 Å². The van der Waals surface area contributed by atoms with Crippen LogP contribution in [0.25, 0.3) is 0 Å². The minimum absolute atomic E-state index is 0.179. The molecule has 2 nitrogen and oxygen atoms in total. The first-order chi connectivity index (χ1) is 8.04. The Morgan fingerprint density at radius 2 is 1.88 bits per heavy atom. The smallest absolute Gasteiger partial charge is 0.391 e. The Balaban J connectivity index is 2.46. The van der Waals surface area contributed by atoms with Gasteiger partial charge in [0.15, 0.2) is 0 Å². The molecule has 0 saturated heterocycles. The first kappa shape index (κ1) is 13.5. The van der Waals surface area contributed by atoms with E-state index >= 15 is 0 Å². The third-order valence-electron chi connectivity index (χ3n) is 2.08. The molecule has 0 bridgehead atoms. The van der Waals surface area contributed by atoms with Gasteiger partial charge in [-0.1, -0.05) is 30.6 Å². The molecule has 0 aliphatic rings. The highest BCUT2D eigenvalue weighted by Crippen LogP contribution is 2.29. The van der Waals surface area contributed by atoms with Crippen LogP contribution in [-0.4, -0.2) is 6.21 Å². The van der Waals surface area contributed by atoms with E-state index in [2.05, 4.69) is 5.16 Å². The third kappa shape index (κ3) is 4.89. The summed E-state index contributed by atoms with van der Waals surface area (Å²) < 4.78 is 36.8. The maximum absolute atomic E-state index is 12.3. The summed E-state index contributed by atoms with van der Waals surface area (Å²) >= 11 is 0. The highest BCUT2D eigenvalue weighted by molar-refractivity contribution is 5.55. The predicted octanol–water partition coefficient (Wildman–Crippen LogP) is 4.01. The highest BCUT2D eigenvalue weighted by atomic mass is 19.4. The Labute approximate surface area is 98.1 Å². The summed E-state index contributed by atoms with van der Waals surface area (Å²) in [6.45, 7) is 2.19. The van der Waals surface area contributed by atoms with E-state index in [-0.39, 0.29) is 6.61 Å². The van der Waals surface area contributed by atoms with Crippen molar-refractivity contribution in [2.75, 3.05) is 0 Å². The summed E-state index contributed by atoms with van der Waals surface area (Å²) in [6, 6.07) is 4.85. The van der Waals surface area contributed by atoms with Gasteiger partial charge in [0.2, 0.25) is 0 Å². The molecule has 1 aromatic carbocycles. The maximum Gasteiger partial charge on any atom is 0.416 e. The summed E-state index contributed by atoms with van der Waals surface area (Å²) in [5, 5.41) is 3.68. The van der Waals surface area contributed by atoms with Crippen LogP contribution >= 0.6 is 0 Å². The Bertz CT molecular complexity index is 357. The highest BCUT2D eigenvalue weighted by Gasteiger charge is 2.29. The van der Waals surface area contributed by atoms with Crippen molar-refractivity contribution in [3.8, 4) is 0 Å². The van der Waals surface area contributed by atoms with Crippen LogP contribution in [0.5, 0.6) is 0 Å². The Morgan fingerprint density at radius 3 is 2.41 bits per heavy atom. The van der Waals surface area contributed by atoms with E-state index in [4.69, 9.17) is 4.84 Å². The number of oxime groups is 1. The molecule has 0 atom stereocenters. The lowest BCUT2D eigenvalue weighted by molar-refractivity contribution is -0.137. The average Bonchev–Trinajstić information content (AvgIpc) is 2.28. The largest absolute Gasteiger partial charge is 0.416 e. The minimum Gasteiger partial charge on any atom is -0.391 e. The predicted molar refractivity (Wildman–Crippen MR) is 59.6 cm³/mol. The summed E-state index contributed by atoms with van der Waals surface area (Å²) in [5.41, 5.74) is 0.00221. The summed E-state index contributed by atoms with van der Waals surface area (Å²) in [5.74, 6) is 0. The van der Waals surface area contributed by atoms with E-state index in [1.807, 2.05) is 6.92 Å². The van der Waals surface area contributed by atoms with Crippen molar-refractivity contribution in [3.63, 3.8) is 0 Å². The third-order valence-corrected chi connectivity index (χ3v) is 2.08. The van der Waals surface area contributed by atoms with Gasteiger partial charge < -0.3 is 4.84 Å². The second kappa shape index (κ2) is 6.27.